The number of nitrogens with zero attached hydrogens (tertiary/aromatic N) is 3. The zero-order chi connectivity index (χ0) is 21.1. The van der Waals surface area contributed by atoms with Crippen molar-refractivity contribution in [2.45, 2.75) is 39.3 Å². The molecule has 0 fully saturated rings. The van der Waals surface area contributed by atoms with E-state index in [9.17, 15) is 19.2 Å². The SMILES string of the molecule is CC[C@@H](C)n1nccc1NC(=O)[C@H](C)OC(=O)CN1C(=O)c2ccccc2C1=O. The fourth-order valence-corrected chi connectivity index (χ4v) is 2.97. The Hall–Kier alpha value is -3.49. The molecule has 0 bridgehead atoms. The summed E-state index contributed by atoms with van der Waals surface area (Å²) in [5, 5.41) is 6.85. The summed E-state index contributed by atoms with van der Waals surface area (Å²) in [5.41, 5.74) is 0.490. The minimum Gasteiger partial charge on any atom is -0.451 e. The number of hydrogen-bond acceptors (Lipinski definition) is 6. The van der Waals surface area contributed by atoms with E-state index in [0.29, 0.717) is 5.82 Å². The second-order valence-electron chi connectivity index (χ2n) is 6.78. The van der Waals surface area contributed by atoms with E-state index in [4.69, 9.17) is 4.74 Å². The fraction of sp³-hybridized carbons (Fsp3) is 0.350. The topological polar surface area (TPSA) is 111 Å². The monoisotopic (exact) mass is 398 g/mol. The third kappa shape index (κ3) is 4.03. The van der Waals surface area contributed by atoms with Gasteiger partial charge in [0.15, 0.2) is 6.10 Å². The van der Waals surface area contributed by atoms with Crippen molar-refractivity contribution >= 4 is 29.5 Å². The number of hydrogen-bond donors (Lipinski definition) is 1. The van der Waals surface area contributed by atoms with Gasteiger partial charge in [-0.3, -0.25) is 24.1 Å². The van der Waals surface area contributed by atoms with Gasteiger partial charge in [-0.2, -0.15) is 5.10 Å². The molecule has 1 N–H and O–H groups in total. The lowest BCUT2D eigenvalue weighted by molar-refractivity contribution is -0.153. The van der Waals surface area contributed by atoms with Crippen LogP contribution in [0.2, 0.25) is 0 Å². The number of nitrogens with one attached hydrogen (secondary N) is 1. The maximum absolute atomic E-state index is 12.4. The summed E-state index contributed by atoms with van der Waals surface area (Å²) in [6.45, 7) is 4.82. The van der Waals surface area contributed by atoms with Crippen molar-refractivity contribution in [3.05, 3.63) is 47.7 Å². The predicted molar refractivity (Wildman–Crippen MR) is 103 cm³/mol. The molecule has 3 rings (SSSR count). The smallest absolute Gasteiger partial charge is 0.326 e. The molecule has 0 saturated carbocycles. The summed E-state index contributed by atoms with van der Waals surface area (Å²) < 4.78 is 6.79. The van der Waals surface area contributed by atoms with Crippen LogP contribution < -0.4 is 5.32 Å². The maximum Gasteiger partial charge on any atom is 0.326 e. The van der Waals surface area contributed by atoms with Crippen LogP contribution in [0.5, 0.6) is 0 Å². The average molecular weight is 398 g/mol. The molecule has 29 heavy (non-hydrogen) atoms. The Labute approximate surface area is 167 Å². The van der Waals surface area contributed by atoms with Crippen LogP contribution in [0.1, 0.15) is 53.9 Å². The summed E-state index contributed by atoms with van der Waals surface area (Å²) in [7, 11) is 0. The number of esters is 1. The van der Waals surface area contributed by atoms with Gasteiger partial charge in [-0.15, -0.1) is 0 Å². The van der Waals surface area contributed by atoms with Gasteiger partial charge in [0, 0.05) is 6.07 Å². The molecule has 2 aromatic rings. The Morgan fingerprint density at radius 3 is 2.31 bits per heavy atom. The third-order valence-corrected chi connectivity index (χ3v) is 4.77. The summed E-state index contributed by atoms with van der Waals surface area (Å²) >= 11 is 0. The fourth-order valence-electron chi connectivity index (χ4n) is 2.97. The van der Waals surface area contributed by atoms with Crippen LogP contribution in [0, 0.1) is 0 Å². The predicted octanol–water partition coefficient (Wildman–Crippen LogP) is 2.02. The number of ether oxygens (including phenoxy) is 1. The van der Waals surface area contributed by atoms with E-state index < -0.39 is 36.3 Å². The van der Waals surface area contributed by atoms with Crippen molar-refractivity contribution in [3.8, 4) is 0 Å². The molecule has 0 radical (unpaired) electrons. The van der Waals surface area contributed by atoms with Crippen LogP contribution in [-0.2, 0) is 14.3 Å². The highest BCUT2D eigenvalue weighted by atomic mass is 16.5. The average Bonchev–Trinajstić information content (AvgIpc) is 3.26. The first-order chi connectivity index (χ1) is 13.8. The molecule has 9 nitrogen and oxygen atoms in total. The van der Waals surface area contributed by atoms with Crippen molar-refractivity contribution in [1.29, 1.82) is 0 Å². The minimum atomic E-state index is -1.11. The van der Waals surface area contributed by atoms with Gasteiger partial charge in [-0.05, 0) is 32.4 Å². The highest BCUT2D eigenvalue weighted by molar-refractivity contribution is 6.22. The number of carbonyl (C=O) groups excluding carboxylic acids is 4. The Morgan fingerprint density at radius 1 is 1.10 bits per heavy atom. The van der Waals surface area contributed by atoms with Gasteiger partial charge < -0.3 is 10.1 Å². The van der Waals surface area contributed by atoms with Gasteiger partial charge in [0.05, 0.1) is 23.4 Å². The number of rotatable bonds is 7. The van der Waals surface area contributed by atoms with Crippen LogP contribution in [0.4, 0.5) is 5.82 Å². The van der Waals surface area contributed by atoms with Crippen LogP contribution in [0.25, 0.3) is 0 Å². The van der Waals surface area contributed by atoms with Gasteiger partial charge in [-0.1, -0.05) is 19.1 Å². The normalized spacial score (nSPS) is 15.1. The van der Waals surface area contributed by atoms with Gasteiger partial charge in [0.1, 0.15) is 12.4 Å². The summed E-state index contributed by atoms with van der Waals surface area (Å²) in [4.78, 5) is 50.0. The molecule has 2 atom stereocenters. The number of fused-ring (bicyclic) bond motifs is 1. The molecule has 0 saturated heterocycles. The molecule has 152 valence electrons. The van der Waals surface area contributed by atoms with Crippen molar-refractivity contribution < 1.29 is 23.9 Å². The van der Waals surface area contributed by atoms with Gasteiger partial charge in [0.2, 0.25) is 0 Å². The molecule has 9 heteroatoms. The molecular formula is C20H22N4O5. The molecule has 1 aromatic heterocycles. The van der Waals surface area contributed by atoms with Gasteiger partial charge in [0.25, 0.3) is 17.7 Å². The molecule has 3 amide bonds. The van der Waals surface area contributed by atoms with E-state index in [0.717, 1.165) is 11.3 Å². The molecule has 2 heterocycles. The Bertz CT molecular complexity index is 932. The standard InChI is InChI=1S/C20H22N4O5/c1-4-12(2)24-16(9-10-21-24)22-18(26)13(3)29-17(25)11-23-19(27)14-7-5-6-8-15(14)20(23)28/h5-10,12-13H,4,11H2,1-3H3,(H,22,26)/t12-,13+/m1/s1. The largest absolute Gasteiger partial charge is 0.451 e. The second kappa shape index (κ2) is 8.26. The Kier molecular flexibility index (Phi) is 5.76. The molecule has 1 aromatic carbocycles. The molecule has 1 aliphatic rings. The van der Waals surface area contributed by atoms with Crippen molar-refractivity contribution in [1.82, 2.24) is 14.7 Å². The van der Waals surface area contributed by atoms with Crippen LogP contribution in [0.3, 0.4) is 0 Å². The first-order valence-electron chi connectivity index (χ1n) is 9.32. The molecule has 0 spiro atoms. The van der Waals surface area contributed by atoms with Crippen molar-refractivity contribution in [2.24, 2.45) is 0 Å². The maximum atomic E-state index is 12.4. The molecule has 0 unspecified atom stereocenters. The Morgan fingerprint density at radius 2 is 1.72 bits per heavy atom. The highest BCUT2D eigenvalue weighted by Gasteiger charge is 2.37. The lowest BCUT2D eigenvalue weighted by atomic mass is 10.1. The minimum absolute atomic E-state index is 0.0898. The zero-order valence-corrected chi connectivity index (χ0v) is 16.4. The number of amides is 3. The van der Waals surface area contributed by atoms with E-state index in [1.165, 1.54) is 19.1 Å². The van der Waals surface area contributed by atoms with E-state index in [1.807, 2.05) is 13.8 Å². The third-order valence-electron chi connectivity index (χ3n) is 4.77. The number of anilines is 1. The molecule has 0 aliphatic carbocycles. The lowest BCUT2D eigenvalue weighted by Gasteiger charge is -2.18. The molecular weight excluding hydrogens is 376 g/mol. The van der Waals surface area contributed by atoms with Gasteiger partial charge >= 0.3 is 5.97 Å². The number of benzene rings is 1. The summed E-state index contributed by atoms with van der Waals surface area (Å²) in [6.07, 6.45) is 1.29. The van der Waals surface area contributed by atoms with Crippen LogP contribution in [0.15, 0.2) is 36.5 Å². The van der Waals surface area contributed by atoms with Gasteiger partial charge in [-0.25, -0.2) is 4.68 Å². The number of carbonyl (C=O) groups is 4. The van der Waals surface area contributed by atoms with Crippen LogP contribution >= 0.6 is 0 Å². The van der Waals surface area contributed by atoms with E-state index in [-0.39, 0.29) is 17.2 Å². The number of aromatic nitrogens is 2. The highest BCUT2D eigenvalue weighted by Crippen LogP contribution is 2.22. The molecule has 1 aliphatic heterocycles. The van der Waals surface area contributed by atoms with Crippen LogP contribution in [-0.4, -0.2) is 51.0 Å². The van der Waals surface area contributed by atoms with E-state index >= 15 is 0 Å². The number of imide groups is 1. The second-order valence-corrected chi connectivity index (χ2v) is 6.78. The van der Waals surface area contributed by atoms with E-state index in [1.54, 1.807) is 29.1 Å². The first-order valence-corrected chi connectivity index (χ1v) is 9.32. The zero-order valence-electron chi connectivity index (χ0n) is 16.4. The van der Waals surface area contributed by atoms with E-state index in [2.05, 4.69) is 10.4 Å². The summed E-state index contributed by atoms with van der Waals surface area (Å²) in [6, 6.07) is 8.07. The first kappa shape index (κ1) is 20.2. The summed E-state index contributed by atoms with van der Waals surface area (Å²) in [5.74, 6) is -2.01. The van der Waals surface area contributed by atoms with Crippen molar-refractivity contribution in [3.63, 3.8) is 0 Å². The van der Waals surface area contributed by atoms with Crippen molar-refractivity contribution in [2.75, 3.05) is 11.9 Å². The Balaban J connectivity index is 1.59. The lowest BCUT2D eigenvalue weighted by Crippen LogP contribution is -2.38. The quantitative estimate of drug-likeness (QED) is 0.564.